The Kier molecular flexibility index (Phi) is 5.30. The molecule has 0 saturated heterocycles. The minimum atomic E-state index is -0.542. The Morgan fingerprint density at radius 1 is 1.18 bits per heavy atom. The molecule has 0 fully saturated rings. The van der Waals surface area contributed by atoms with Crippen LogP contribution in [0, 0.1) is 6.92 Å². The Labute approximate surface area is 164 Å². The van der Waals surface area contributed by atoms with E-state index in [1.54, 1.807) is 18.6 Å². The first-order chi connectivity index (χ1) is 13.2. The van der Waals surface area contributed by atoms with Crippen LogP contribution in [0.3, 0.4) is 0 Å². The van der Waals surface area contributed by atoms with Gasteiger partial charge >= 0.3 is 6.09 Å². The molecule has 28 heavy (non-hydrogen) atoms. The standard InChI is InChI=1S/C20H24N6O2/c1-13-10-21-18(26(5)16-11-22-23-12-16)25-17(13)14-6-8-15(9-7-14)24-19(27)28-20(2,3)4/h6-12H,1-5H3,(H,22,23)(H,24,27). The van der Waals surface area contributed by atoms with Crippen molar-refractivity contribution in [2.24, 2.45) is 0 Å². The van der Waals surface area contributed by atoms with Crippen LogP contribution in [0.2, 0.25) is 0 Å². The monoisotopic (exact) mass is 380 g/mol. The van der Waals surface area contributed by atoms with Crippen molar-refractivity contribution in [3.8, 4) is 11.3 Å². The van der Waals surface area contributed by atoms with Crippen LogP contribution in [0.5, 0.6) is 0 Å². The molecular formula is C20H24N6O2. The molecule has 3 aromatic rings. The highest BCUT2D eigenvalue weighted by molar-refractivity contribution is 5.85. The van der Waals surface area contributed by atoms with E-state index >= 15 is 0 Å². The Morgan fingerprint density at radius 3 is 2.50 bits per heavy atom. The third-order valence-electron chi connectivity index (χ3n) is 3.93. The van der Waals surface area contributed by atoms with Crippen LogP contribution in [0.15, 0.2) is 42.9 Å². The molecule has 0 aliphatic carbocycles. The summed E-state index contributed by atoms with van der Waals surface area (Å²) < 4.78 is 5.27. The zero-order valence-electron chi connectivity index (χ0n) is 16.6. The number of rotatable bonds is 4. The number of ether oxygens (including phenoxy) is 1. The van der Waals surface area contributed by atoms with E-state index in [9.17, 15) is 4.79 Å². The quantitative estimate of drug-likeness (QED) is 0.701. The van der Waals surface area contributed by atoms with Gasteiger partial charge in [0.2, 0.25) is 5.95 Å². The van der Waals surface area contributed by atoms with Gasteiger partial charge in [0.15, 0.2) is 0 Å². The number of anilines is 3. The minimum absolute atomic E-state index is 0.484. The number of nitrogens with one attached hydrogen (secondary N) is 2. The lowest BCUT2D eigenvalue weighted by molar-refractivity contribution is 0.0636. The number of hydrogen-bond donors (Lipinski definition) is 2. The zero-order valence-corrected chi connectivity index (χ0v) is 16.6. The Hall–Kier alpha value is -3.42. The van der Waals surface area contributed by atoms with E-state index in [1.165, 1.54) is 0 Å². The van der Waals surface area contributed by atoms with Crippen molar-refractivity contribution in [3.05, 3.63) is 48.4 Å². The molecule has 1 amide bonds. The Bertz CT molecular complexity index is 946. The highest BCUT2D eigenvalue weighted by Gasteiger charge is 2.16. The maximum atomic E-state index is 11.9. The summed E-state index contributed by atoms with van der Waals surface area (Å²) in [4.78, 5) is 22.9. The van der Waals surface area contributed by atoms with Crippen LogP contribution >= 0.6 is 0 Å². The number of amides is 1. The van der Waals surface area contributed by atoms with Gasteiger partial charge in [0.25, 0.3) is 0 Å². The number of aromatic amines is 1. The molecule has 2 aromatic heterocycles. The molecule has 8 heteroatoms. The molecule has 0 radical (unpaired) electrons. The smallest absolute Gasteiger partial charge is 0.412 e. The lowest BCUT2D eigenvalue weighted by Crippen LogP contribution is -2.27. The summed E-state index contributed by atoms with van der Waals surface area (Å²) >= 11 is 0. The topological polar surface area (TPSA) is 96.0 Å². The predicted octanol–water partition coefficient (Wildman–Crippen LogP) is 4.29. The summed E-state index contributed by atoms with van der Waals surface area (Å²) in [6.07, 6.45) is 4.80. The van der Waals surface area contributed by atoms with Crippen LogP contribution in [-0.4, -0.2) is 38.9 Å². The maximum Gasteiger partial charge on any atom is 0.412 e. The second kappa shape index (κ2) is 7.67. The van der Waals surface area contributed by atoms with E-state index in [0.29, 0.717) is 11.6 Å². The summed E-state index contributed by atoms with van der Waals surface area (Å²) in [6.45, 7) is 7.44. The second-order valence-electron chi connectivity index (χ2n) is 7.42. The summed E-state index contributed by atoms with van der Waals surface area (Å²) in [6, 6.07) is 7.45. The summed E-state index contributed by atoms with van der Waals surface area (Å²) in [5.74, 6) is 0.568. The second-order valence-corrected chi connectivity index (χ2v) is 7.42. The van der Waals surface area contributed by atoms with Gasteiger partial charge in [-0.2, -0.15) is 5.10 Å². The normalized spacial score (nSPS) is 11.2. The van der Waals surface area contributed by atoms with E-state index in [1.807, 2.05) is 63.9 Å². The van der Waals surface area contributed by atoms with Crippen LogP contribution in [0.25, 0.3) is 11.3 Å². The number of benzene rings is 1. The van der Waals surface area contributed by atoms with Crippen molar-refractivity contribution in [1.29, 1.82) is 0 Å². The first-order valence-corrected chi connectivity index (χ1v) is 8.89. The zero-order chi connectivity index (χ0) is 20.3. The van der Waals surface area contributed by atoms with Gasteiger partial charge in [-0.25, -0.2) is 14.8 Å². The maximum absolute atomic E-state index is 11.9. The third kappa shape index (κ3) is 4.64. The van der Waals surface area contributed by atoms with Crippen molar-refractivity contribution in [2.45, 2.75) is 33.3 Å². The molecule has 146 valence electrons. The fourth-order valence-corrected chi connectivity index (χ4v) is 2.56. The number of aryl methyl sites for hydroxylation is 1. The molecule has 8 nitrogen and oxygen atoms in total. The van der Waals surface area contributed by atoms with Crippen molar-refractivity contribution in [2.75, 3.05) is 17.3 Å². The van der Waals surface area contributed by atoms with E-state index in [-0.39, 0.29) is 0 Å². The largest absolute Gasteiger partial charge is 0.444 e. The van der Waals surface area contributed by atoms with Gasteiger partial charge in [0, 0.05) is 30.7 Å². The molecule has 0 aliphatic rings. The van der Waals surface area contributed by atoms with Gasteiger partial charge in [-0.15, -0.1) is 0 Å². The Balaban J connectivity index is 1.80. The van der Waals surface area contributed by atoms with E-state index in [2.05, 4.69) is 20.5 Å². The van der Waals surface area contributed by atoms with Crippen molar-refractivity contribution in [3.63, 3.8) is 0 Å². The number of hydrogen-bond acceptors (Lipinski definition) is 6. The molecule has 2 N–H and O–H groups in total. The molecule has 1 aromatic carbocycles. The molecule has 2 heterocycles. The van der Waals surface area contributed by atoms with Gasteiger partial charge in [0.1, 0.15) is 5.60 Å². The van der Waals surface area contributed by atoms with E-state index in [4.69, 9.17) is 9.72 Å². The van der Waals surface area contributed by atoms with Crippen molar-refractivity contribution < 1.29 is 9.53 Å². The fourth-order valence-electron chi connectivity index (χ4n) is 2.56. The average Bonchev–Trinajstić information content (AvgIpc) is 3.15. The van der Waals surface area contributed by atoms with Crippen LogP contribution in [0.1, 0.15) is 26.3 Å². The van der Waals surface area contributed by atoms with Gasteiger partial charge in [-0.05, 0) is 45.4 Å². The van der Waals surface area contributed by atoms with Crippen LogP contribution in [0.4, 0.5) is 22.1 Å². The lowest BCUT2D eigenvalue weighted by Gasteiger charge is -2.19. The molecule has 3 rings (SSSR count). The third-order valence-corrected chi connectivity index (χ3v) is 3.93. The van der Waals surface area contributed by atoms with Gasteiger partial charge in [-0.1, -0.05) is 12.1 Å². The molecule has 0 aliphatic heterocycles. The van der Waals surface area contributed by atoms with Gasteiger partial charge in [-0.3, -0.25) is 10.4 Å². The molecular weight excluding hydrogens is 356 g/mol. The summed E-state index contributed by atoms with van der Waals surface area (Å²) in [7, 11) is 1.88. The Morgan fingerprint density at radius 2 is 1.89 bits per heavy atom. The van der Waals surface area contributed by atoms with E-state index in [0.717, 1.165) is 22.5 Å². The highest BCUT2D eigenvalue weighted by Crippen LogP contribution is 2.26. The molecule has 0 saturated carbocycles. The molecule has 0 atom stereocenters. The molecule has 0 spiro atoms. The fraction of sp³-hybridized carbons (Fsp3) is 0.300. The number of carbonyl (C=O) groups is 1. The number of aromatic nitrogens is 4. The van der Waals surface area contributed by atoms with Crippen LogP contribution < -0.4 is 10.2 Å². The molecule has 0 unspecified atom stereocenters. The summed E-state index contributed by atoms with van der Waals surface area (Å²) in [5, 5.41) is 9.46. The number of carbonyl (C=O) groups excluding carboxylic acids is 1. The minimum Gasteiger partial charge on any atom is -0.444 e. The van der Waals surface area contributed by atoms with Crippen LogP contribution in [-0.2, 0) is 4.74 Å². The molecule has 0 bridgehead atoms. The number of nitrogens with zero attached hydrogens (tertiary/aromatic N) is 4. The van der Waals surface area contributed by atoms with Crippen molar-refractivity contribution >= 4 is 23.4 Å². The average molecular weight is 380 g/mol. The lowest BCUT2D eigenvalue weighted by atomic mass is 10.1. The van der Waals surface area contributed by atoms with Gasteiger partial charge in [0.05, 0.1) is 17.6 Å². The summed E-state index contributed by atoms with van der Waals surface area (Å²) in [5.41, 5.74) is 3.68. The van der Waals surface area contributed by atoms with E-state index < -0.39 is 11.7 Å². The van der Waals surface area contributed by atoms with Crippen molar-refractivity contribution in [1.82, 2.24) is 20.2 Å². The first-order valence-electron chi connectivity index (χ1n) is 8.89. The highest BCUT2D eigenvalue weighted by atomic mass is 16.6. The first kappa shape index (κ1) is 19.3. The predicted molar refractivity (Wildman–Crippen MR) is 109 cm³/mol. The SMILES string of the molecule is Cc1cnc(N(C)c2cn[nH]c2)nc1-c1ccc(NC(=O)OC(C)(C)C)cc1. The number of H-pyrrole nitrogens is 1. The van der Waals surface area contributed by atoms with Gasteiger partial charge < -0.3 is 9.64 Å².